The normalized spacial score (nSPS) is 27.2. The molecule has 116 valence electrons. The number of amides is 1. The highest BCUT2D eigenvalue weighted by Crippen LogP contribution is 2.38. The molecule has 0 aromatic carbocycles. The number of carboxylic acid groups (broad SMARTS) is 1. The Labute approximate surface area is 119 Å². The minimum Gasteiger partial charge on any atom is -0.481 e. The Morgan fingerprint density at radius 3 is 2.45 bits per heavy atom. The summed E-state index contributed by atoms with van der Waals surface area (Å²) in [6, 6.07) is 0. The second-order valence-corrected chi connectivity index (χ2v) is 5.36. The number of ether oxygens (including phenoxy) is 2. The van der Waals surface area contributed by atoms with E-state index in [2.05, 4.69) is 5.32 Å². The lowest BCUT2D eigenvalue weighted by molar-refractivity contribution is -0.146. The van der Waals surface area contributed by atoms with Gasteiger partial charge in [0.1, 0.15) is 0 Å². The van der Waals surface area contributed by atoms with Crippen LogP contribution in [-0.2, 0) is 19.1 Å². The largest absolute Gasteiger partial charge is 0.481 e. The van der Waals surface area contributed by atoms with E-state index in [1.165, 1.54) is 0 Å². The molecule has 20 heavy (non-hydrogen) atoms. The summed E-state index contributed by atoms with van der Waals surface area (Å²) in [5, 5.41) is 12.0. The number of carbonyl (C=O) groups excluding carboxylic acids is 1. The minimum atomic E-state index is -0.874. The van der Waals surface area contributed by atoms with Gasteiger partial charge < -0.3 is 19.9 Å². The smallest absolute Gasteiger partial charge is 0.307 e. The topological polar surface area (TPSA) is 84.9 Å². The highest BCUT2D eigenvalue weighted by atomic mass is 16.5. The van der Waals surface area contributed by atoms with E-state index in [0.717, 1.165) is 6.42 Å². The second kappa shape index (κ2) is 8.21. The minimum absolute atomic E-state index is 0.188. The SMILES string of the molecule is CCC1C[C@H](C(=O)NCC(COC)OC)[C@H](C(=O)O)C1. The maximum atomic E-state index is 12.2. The number of carboxylic acids is 1. The van der Waals surface area contributed by atoms with Crippen molar-refractivity contribution in [3.05, 3.63) is 0 Å². The number of methoxy groups -OCH3 is 2. The summed E-state index contributed by atoms with van der Waals surface area (Å²) >= 11 is 0. The van der Waals surface area contributed by atoms with Crippen LogP contribution in [0.25, 0.3) is 0 Å². The first-order valence-corrected chi connectivity index (χ1v) is 7.05. The molecular formula is C14H25NO5. The van der Waals surface area contributed by atoms with Gasteiger partial charge in [0.2, 0.25) is 5.91 Å². The van der Waals surface area contributed by atoms with Crippen LogP contribution in [0.15, 0.2) is 0 Å². The van der Waals surface area contributed by atoms with E-state index < -0.39 is 17.8 Å². The Morgan fingerprint density at radius 2 is 1.95 bits per heavy atom. The van der Waals surface area contributed by atoms with Crippen LogP contribution in [0.3, 0.4) is 0 Å². The van der Waals surface area contributed by atoms with Crippen molar-refractivity contribution in [2.45, 2.75) is 32.3 Å². The molecule has 1 aliphatic carbocycles. The molecule has 6 heteroatoms. The van der Waals surface area contributed by atoms with E-state index >= 15 is 0 Å². The molecule has 4 atom stereocenters. The fourth-order valence-corrected chi connectivity index (χ4v) is 2.78. The third kappa shape index (κ3) is 4.45. The third-order valence-electron chi connectivity index (χ3n) is 4.08. The number of hydrogen-bond donors (Lipinski definition) is 2. The average Bonchev–Trinajstić information content (AvgIpc) is 2.87. The molecule has 6 nitrogen and oxygen atoms in total. The molecule has 1 saturated carbocycles. The van der Waals surface area contributed by atoms with Crippen LogP contribution >= 0.6 is 0 Å². The number of hydrogen-bond acceptors (Lipinski definition) is 4. The summed E-state index contributed by atoms with van der Waals surface area (Å²) in [7, 11) is 3.12. The van der Waals surface area contributed by atoms with Gasteiger partial charge in [-0.1, -0.05) is 13.3 Å². The number of aliphatic carboxylic acids is 1. The van der Waals surface area contributed by atoms with E-state index in [1.807, 2.05) is 6.92 Å². The molecule has 0 spiro atoms. The fraction of sp³-hybridized carbons (Fsp3) is 0.857. The van der Waals surface area contributed by atoms with E-state index in [1.54, 1.807) is 14.2 Å². The first-order valence-electron chi connectivity index (χ1n) is 7.05. The Kier molecular flexibility index (Phi) is 6.95. The number of nitrogens with one attached hydrogen (secondary N) is 1. The Balaban J connectivity index is 2.54. The highest BCUT2D eigenvalue weighted by molar-refractivity contribution is 5.85. The maximum Gasteiger partial charge on any atom is 0.307 e. The van der Waals surface area contributed by atoms with Crippen LogP contribution in [0.4, 0.5) is 0 Å². The van der Waals surface area contributed by atoms with Crippen LogP contribution < -0.4 is 5.32 Å². The van der Waals surface area contributed by atoms with Gasteiger partial charge in [-0.2, -0.15) is 0 Å². The molecule has 1 amide bonds. The zero-order valence-electron chi connectivity index (χ0n) is 12.4. The van der Waals surface area contributed by atoms with Crippen molar-refractivity contribution >= 4 is 11.9 Å². The fourth-order valence-electron chi connectivity index (χ4n) is 2.78. The Hall–Kier alpha value is -1.14. The predicted molar refractivity (Wildman–Crippen MR) is 73.3 cm³/mol. The van der Waals surface area contributed by atoms with Crippen LogP contribution in [-0.4, -0.2) is 50.5 Å². The molecule has 0 heterocycles. The van der Waals surface area contributed by atoms with Crippen LogP contribution in [0, 0.1) is 17.8 Å². The van der Waals surface area contributed by atoms with Crippen molar-refractivity contribution in [3.63, 3.8) is 0 Å². The van der Waals surface area contributed by atoms with Crippen molar-refractivity contribution in [2.24, 2.45) is 17.8 Å². The van der Waals surface area contributed by atoms with Gasteiger partial charge in [-0.25, -0.2) is 0 Å². The summed E-state index contributed by atoms with van der Waals surface area (Å²) < 4.78 is 10.1. The lowest BCUT2D eigenvalue weighted by Gasteiger charge is -2.19. The van der Waals surface area contributed by atoms with Crippen LogP contribution in [0.1, 0.15) is 26.2 Å². The quantitative estimate of drug-likeness (QED) is 0.693. The molecule has 2 unspecified atom stereocenters. The molecule has 0 aromatic rings. The number of carbonyl (C=O) groups is 2. The van der Waals surface area contributed by atoms with Crippen molar-refractivity contribution < 1.29 is 24.2 Å². The zero-order chi connectivity index (χ0) is 15.1. The van der Waals surface area contributed by atoms with Crippen molar-refractivity contribution in [2.75, 3.05) is 27.4 Å². The average molecular weight is 287 g/mol. The first kappa shape index (κ1) is 16.9. The van der Waals surface area contributed by atoms with Crippen molar-refractivity contribution in [3.8, 4) is 0 Å². The van der Waals surface area contributed by atoms with E-state index in [-0.39, 0.29) is 12.0 Å². The van der Waals surface area contributed by atoms with Gasteiger partial charge >= 0.3 is 5.97 Å². The molecule has 0 bridgehead atoms. The summed E-state index contributed by atoms with van der Waals surface area (Å²) in [5.74, 6) is -1.74. The molecule has 1 fully saturated rings. The second-order valence-electron chi connectivity index (χ2n) is 5.36. The number of rotatable bonds is 8. The predicted octanol–water partition coefficient (Wildman–Crippen LogP) is 0.901. The van der Waals surface area contributed by atoms with Gasteiger partial charge in [-0.3, -0.25) is 9.59 Å². The van der Waals surface area contributed by atoms with Crippen molar-refractivity contribution in [1.82, 2.24) is 5.32 Å². The van der Waals surface area contributed by atoms with Gasteiger partial charge in [0.15, 0.2) is 0 Å². The standard InChI is InChI=1S/C14H25NO5/c1-4-9-5-11(12(6-9)14(17)18)13(16)15-7-10(20-3)8-19-2/h9-12H,4-8H2,1-3H3,(H,15,16)(H,17,18)/t9?,10?,11-,12+/m0/s1. The van der Waals surface area contributed by atoms with Gasteiger partial charge in [0.25, 0.3) is 0 Å². The summed E-state index contributed by atoms with van der Waals surface area (Å²) in [5.41, 5.74) is 0. The van der Waals surface area contributed by atoms with Crippen molar-refractivity contribution in [1.29, 1.82) is 0 Å². The first-order chi connectivity index (χ1) is 9.53. The van der Waals surface area contributed by atoms with Gasteiger partial charge in [-0.15, -0.1) is 0 Å². The molecule has 1 aliphatic rings. The molecular weight excluding hydrogens is 262 g/mol. The molecule has 1 rings (SSSR count). The molecule has 0 radical (unpaired) electrons. The molecule has 2 N–H and O–H groups in total. The lowest BCUT2D eigenvalue weighted by atomic mass is 9.95. The van der Waals surface area contributed by atoms with E-state index in [9.17, 15) is 14.7 Å². The molecule has 0 aliphatic heterocycles. The summed E-state index contributed by atoms with van der Waals surface area (Å²) in [6.07, 6.45) is 1.95. The van der Waals surface area contributed by atoms with E-state index in [4.69, 9.17) is 9.47 Å². The third-order valence-corrected chi connectivity index (χ3v) is 4.08. The summed E-state index contributed by atoms with van der Waals surface area (Å²) in [4.78, 5) is 23.4. The van der Waals surface area contributed by atoms with Gasteiger partial charge in [-0.05, 0) is 18.8 Å². The zero-order valence-corrected chi connectivity index (χ0v) is 12.4. The van der Waals surface area contributed by atoms with Crippen LogP contribution in [0.5, 0.6) is 0 Å². The van der Waals surface area contributed by atoms with Gasteiger partial charge in [0.05, 0.1) is 24.5 Å². The Bertz CT molecular complexity index is 334. The van der Waals surface area contributed by atoms with Gasteiger partial charge in [0, 0.05) is 20.8 Å². The van der Waals surface area contributed by atoms with E-state index in [0.29, 0.717) is 31.9 Å². The lowest BCUT2D eigenvalue weighted by Crippen LogP contribution is -2.40. The maximum absolute atomic E-state index is 12.2. The highest BCUT2D eigenvalue weighted by Gasteiger charge is 2.42. The molecule has 0 aromatic heterocycles. The Morgan fingerprint density at radius 1 is 1.30 bits per heavy atom. The monoisotopic (exact) mass is 287 g/mol. The van der Waals surface area contributed by atoms with Crippen LogP contribution in [0.2, 0.25) is 0 Å². The summed E-state index contributed by atoms with van der Waals surface area (Å²) in [6.45, 7) is 2.76. The molecule has 0 saturated heterocycles.